The highest BCUT2D eigenvalue weighted by Gasteiger charge is 2.09. The molecule has 0 amide bonds. The first-order chi connectivity index (χ1) is 5.00. The van der Waals surface area contributed by atoms with E-state index in [4.69, 9.17) is 58.0 Å². The average Bonchev–Trinajstić information content (AvgIpc) is 2.00. The third-order valence-electron chi connectivity index (χ3n) is 0.710. The van der Waals surface area contributed by atoms with Crippen molar-refractivity contribution in [2.45, 2.75) is 0 Å². The Bertz CT molecular complexity index is 203. The average molecular weight is 256 g/mol. The van der Waals surface area contributed by atoms with Crippen LogP contribution < -0.4 is 0 Å². The molecule has 0 saturated heterocycles. The lowest BCUT2D eigenvalue weighted by molar-refractivity contribution is 0.320. The Morgan fingerprint density at radius 3 is 1.64 bits per heavy atom. The van der Waals surface area contributed by atoms with Gasteiger partial charge in [0, 0.05) is 0 Å². The zero-order chi connectivity index (χ0) is 9.02. The zero-order valence-corrected chi connectivity index (χ0v) is 9.08. The number of methoxy groups -OCH3 is 1. The lowest BCUT2D eigenvalue weighted by atomic mass is 10.6. The molecule has 0 aromatic carbocycles. The molecule has 1 nitrogen and oxygen atoms in total. The molecule has 0 atom stereocenters. The summed E-state index contributed by atoms with van der Waals surface area (Å²) in [6.45, 7) is 0. The van der Waals surface area contributed by atoms with E-state index in [-0.39, 0.29) is 19.8 Å². The summed E-state index contributed by atoms with van der Waals surface area (Å²) in [7, 11) is 1.34. The largest absolute Gasteiger partial charge is 0.485 e. The third kappa shape index (κ3) is 3.77. The maximum Gasteiger partial charge on any atom is 0.207 e. The van der Waals surface area contributed by atoms with E-state index in [0.717, 1.165) is 0 Å². The molecular weight excluding hydrogens is 253 g/mol. The SMILES string of the molecule is COC(Cl)=C(Cl)C(Cl)=C(Cl)Cl. The van der Waals surface area contributed by atoms with Gasteiger partial charge in [0.05, 0.1) is 12.1 Å². The van der Waals surface area contributed by atoms with Crippen molar-refractivity contribution in [2.75, 3.05) is 7.11 Å². The normalized spacial score (nSPS) is 12.2. The molecule has 0 radical (unpaired) electrons. The Kier molecular flexibility index (Phi) is 5.75. The molecule has 11 heavy (non-hydrogen) atoms. The summed E-state index contributed by atoms with van der Waals surface area (Å²) in [6, 6.07) is 0. The minimum absolute atomic E-state index is 0.0177. The first-order valence-corrected chi connectivity index (χ1v) is 4.20. The van der Waals surface area contributed by atoms with Gasteiger partial charge >= 0.3 is 0 Å². The Morgan fingerprint density at radius 2 is 1.36 bits per heavy atom. The van der Waals surface area contributed by atoms with Crippen LogP contribution in [-0.2, 0) is 4.74 Å². The van der Waals surface area contributed by atoms with Crippen molar-refractivity contribution >= 4 is 58.0 Å². The quantitative estimate of drug-likeness (QED) is 0.532. The summed E-state index contributed by atoms with van der Waals surface area (Å²) >= 11 is 27.1. The smallest absolute Gasteiger partial charge is 0.207 e. The molecule has 0 spiro atoms. The van der Waals surface area contributed by atoms with Crippen molar-refractivity contribution in [3.8, 4) is 0 Å². The molecule has 0 N–H and O–H groups in total. The molecule has 0 aliphatic heterocycles. The standard InChI is InChI=1S/C5H3Cl5O/c1-11-5(10)3(7)2(6)4(8)9/h1H3. The minimum Gasteiger partial charge on any atom is -0.485 e. The third-order valence-corrected chi connectivity index (χ3v) is 2.56. The van der Waals surface area contributed by atoms with Crippen LogP contribution in [0.4, 0.5) is 0 Å². The topological polar surface area (TPSA) is 9.23 Å². The van der Waals surface area contributed by atoms with Gasteiger partial charge < -0.3 is 4.74 Å². The molecule has 0 aromatic heterocycles. The van der Waals surface area contributed by atoms with Crippen LogP contribution in [0.1, 0.15) is 0 Å². The highest BCUT2D eigenvalue weighted by atomic mass is 35.5. The van der Waals surface area contributed by atoms with Crippen molar-refractivity contribution in [3.05, 3.63) is 19.8 Å². The lowest BCUT2D eigenvalue weighted by Crippen LogP contribution is -1.82. The zero-order valence-electron chi connectivity index (χ0n) is 5.30. The summed E-state index contributed by atoms with van der Waals surface area (Å²) in [4.78, 5) is 0. The summed E-state index contributed by atoms with van der Waals surface area (Å²) < 4.78 is 4.40. The van der Waals surface area contributed by atoms with Crippen molar-refractivity contribution < 1.29 is 4.74 Å². The van der Waals surface area contributed by atoms with Crippen LogP contribution in [0, 0.1) is 0 Å². The van der Waals surface area contributed by atoms with E-state index in [9.17, 15) is 0 Å². The first kappa shape index (κ1) is 11.7. The number of allylic oxidation sites excluding steroid dienone is 2. The summed E-state index contributed by atoms with van der Waals surface area (Å²) in [6.07, 6.45) is 0. The summed E-state index contributed by atoms with van der Waals surface area (Å²) in [5, 5.41) is -0.117. The summed E-state index contributed by atoms with van der Waals surface area (Å²) in [5.74, 6) is 0. The van der Waals surface area contributed by atoms with E-state index < -0.39 is 0 Å². The van der Waals surface area contributed by atoms with Crippen LogP contribution in [0.5, 0.6) is 0 Å². The van der Waals surface area contributed by atoms with Gasteiger partial charge in [-0.1, -0.05) is 46.4 Å². The Labute approximate surface area is 89.4 Å². The maximum atomic E-state index is 5.54. The maximum absolute atomic E-state index is 5.54. The Morgan fingerprint density at radius 1 is 0.909 bits per heavy atom. The molecule has 0 aromatic rings. The van der Waals surface area contributed by atoms with E-state index in [1.165, 1.54) is 7.11 Å². The van der Waals surface area contributed by atoms with Crippen molar-refractivity contribution in [1.29, 1.82) is 0 Å². The Hall–Kier alpha value is 0.730. The second kappa shape index (κ2) is 5.39. The van der Waals surface area contributed by atoms with E-state index >= 15 is 0 Å². The number of rotatable bonds is 2. The van der Waals surface area contributed by atoms with Gasteiger partial charge in [-0.3, -0.25) is 0 Å². The van der Waals surface area contributed by atoms with Gasteiger partial charge in [0.1, 0.15) is 9.52 Å². The number of ether oxygens (including phenoxy) is 1. The molecule has 0 heterocycles. The fraction of sp³-hybridized carbons (Fsp3) is 0.200. The predicted molar refractivity (Wildman–Crippen MR) is 50.3 cm³/mol. The molecule has 0 rings (SSSR count). The molecule has 0 aliphatic rings. The van der Waals surface area contributed by atoms with Crippen LogP contribution in [0.25, 0.3) is 0 Å². The first-order valence-electron chi connectivity index (χ1n) is 2.31. The van der Waals surface area contributed by atoms with Crippen molar-refractivity contribution in [2.24, 2.45) is 0 Å². The molecular formula is C5H3Cl5O. The molecule has 0 aliphatic carbocycles. The second-order valence-electron chi connectivity index (χ2n) is 1.37. The molecule has 0 saturated carbocycles. The minimum atomic E-state index is -0.160. The molecule has 0 unspecified atom stereocenters. The Balaban J connectivity index is 4.75. The highest BCUT2D eigenvalue weighted by Crippen LogP contribution is 2.31. The number of hydrogen-bond acceptors (Lipinski definition) is 1. The van der Waals surface area contributed by atoms with E-state index in [2.05, 4.69) is 4.74 Å². The van der Waals surface area contributed by atoms with Gasteiger partial charge in [-0.2, -0.15) is 0 Å². The monoisotopic (exact) mass is 254 g/mol. The van der Waals surface area contributed by atoms with Crippen LogP contribution in [0.3, 0.4) is 0 Å². The van der Waals surface area contributed by atoms with Gasteiger partial charge in [-0.25, -0.2) is 0 Å². The molecule has 0 fully saturated rings. The van der Waals surface area contributed by atoms with E-state index in [0.29, 0.717) is 0 Å². The van der Waals surface area contributed by atoms with Crippen molar-refractivity contribution in [1.82, 2.24) is 0 Å². The van der Waals surface area contributed by atoms with Gasteiger partial charge in [0.15, 0.2) is 0 Å². The lowest BCUT2D eigenvalue weighted by Gasteiger charge is -2.00. The van der Waals surface area contributed by atoms with Crippen LogP contribution in [0.2, 0.25) is 0 Å². The second-order valence-corrected chi connectivity index (χ2v) is 3.41. The predicted octanol–water partition coefficient (Wildman–Crippen LogP) is 4.17. The van der Waals surface area contributed by atoms with E-state index in [1.54, 1.807) is 0 Å². The fourth-order valence-electron chi connectivity index (χ4n) is 0.259. The fourth-order valence-corrected chi connectivity index (χ4v) is 0.945. The van der Waals surface area contributed by atoms with Crippen LogP contribution in [0.15, 0.2) is 19.8 Å². The van der Waals surface area contributed by atoms with Gasteiger partial charge in [-0.15, -0.1) is 0 Å². The highest BCUT2D eigenvalue weighted by molar-refractivity contribution is 6.62. The molecule has 0 bridgehead atoms. The molecule has 6 heteroatoms. The van der Waals surface area contributed by atoms with Crippen LogP contribution in [-0.4, -0.2) is 7.11 Å². The van der Waals surface area contributed by atoms with Gasteiger partial charge in [0.25, 0.3) is 0 Å². The number of hydrogen-bond donors (Lipinski definition) is 0. The molecule has 64 valence electrons. The van der Waals surface area contributed by atoms with E-state index in [1.807, 2.05) is 0 Å². The number of halogens is 5. The van der Waals surface area contributed by atoms with Gasteiger partial charge in [-0.05, 0) is 11.6 Å². The summed E-state index contributed by atoms with van der Waals surface area (Å²) in [5.41, 5.74) is 0. The van der Waals surface area contributed by atoms with Gasteiger partial charge in [0.2, 0.25) is 5.22 Å². The van der Waals surface area contributed by atoms with Crippen LogP contribution >= 0.6 is 58.0 Å². The van der Waals surface area contributed by atoms with Crippen molar-refractivity contribution in [3.63, 3.8) is 0 Å².